The number of aliphatic carboxylic acids is 1. The van der Waals surface area contributed by atoms with Crippen molar-refractivity contribution in [1.29, 1.82) is 0 Å². The number of thiazole rings is 1. The number of carboxylic acids is 1. The van der Waals surface area contributed by atoms with Gasteiger partial charge in [0, 0.05) is 11.1 Å². The molecule has 0 radical (unpaired) electrons. The maximum atomic E-state index is 12.5. The van der Waals surface area contributed by atoms with Crippen LogP contribution in [0.3, 0.4) is 0 Å². The van der Waals surface area contributed by atoms with Crippen molar-refractivity contribution in [2.24, 2.45) is 0 Å². The van der Waals surface area contributed by atoms with E-state index in [0.717, 1.165) is 10.2 Å². The molecule has 1 aromatic carbocycles. The minimum Gasteiger partial charge on any atom is -0.480 e. The van der Waals surface area contributed by atoms with Gasteiger partial charge in [-0.3, -0.25) is 9.59 Å². The Morgan fingerprint density at radius 3 is 2.65 bits per heavy atom. The largest absolute Gasteiger partial charge is 0.480 e. The van der Waals surface area contributed by atoms with Gasteiger partial charge < -0.3 is 10.0 Å². The second kappa shape index (κ2) is 5.20. The van der Waals surface area contributed by atoms with E-state index in [1.165, 1.54) is 16.2 Å². The van der Waals surface area contributed by atoms with Gasteiger partial charge in [-0.1, -0.05) is 0 Å². The molecule has 0 aliphatic carbocycles. The van der Waals surface area contributed by atoms with Crippen LogP contribution in [0.15, 0.2) is 23.7 Å². The van der Waals surface area contributed by atoms with Gasteiger partial charge >= 0.3 is 5.97 Å². The zero-order valence-corrected chi connectivity index (χ0v) is 12.4. The van der Waals surface area contributed by atoms with Gasteiger partial charge in [0.1, 0.15) is 6.54 Å². The number of nitrogens with zero attached hydrogens (tertiary/aromatic N) is 2. The fourth-order valence-electron chi connectivity index (χ4n) is 1.89. The maximum absolute atomic E-state index is 12.5. The van der Waals surface area contributed by atoms with Crippen LogP contribution < -0.4 is 0 Å². The molecule has 0 saturated carbocycles. The predicted molar refractivity (Wildman–Crippen MR) is 78.0 cm³/mol. The van der Waals surface area contributed by atoms with Crippen molar-refractivity contribution >= 4 is 33.4 Å². The Hall–Kier alpha value is -1.95. The summed E-state index contributed by atoms with van der Waals surface area (Å²) in [5.41, 5.74) is 2.49. The van der Waals surface area contributed by atoms with Crippen LogP contribution in [0, 0.1) is 0 Å². The molecule has 20 heavy (non-hydrogen) atoms. The highest BCUT2D eigenvalue weighted by Gasteiger charge is 2.29. The van der Waals surface area contributed by atoms with Crippen molar-refractivity contribution in [3.8, 4) is 0 Å². The van der Waals surface area contributed by atoms with E-state index in [1.54, 1.807) is 23.7 Å². The van der Waals surface area contributed by atoms with Crippen LogP contribution in [0.2, 0.25) is 0 Å². The van der Waals surface area contributed by atoms with Gasteiger partial charge in [-0.2, -0.15) is 0 Å². The molecule has 0 spiro atoms. The molecule has 106 valence electrons. The third-order valence-electron chi connectivity index (χ3n) is 2.93. The van der Waals surface area contributed by atoms with Crippen LogP contribution >= 0.6 is 11.3 Å². The molecule has 6 heteroatoms. The zero-order chi connectivity index (χ0) is 14.9. The lowest BCUT2D eigenvalue weighted by Crippen LogP contribution is -2.48. The summed E-state index contributed by atoms with van der Waals surface area (Å²) in [7, 11) is 0. The van der Waals surface area contributed by atoms with Crippen molar-refractivity contribution in [3.05, 3.63) is 29.3 Å². The van der Waals surface area contributed by atoms with Crippen LogP contribution in [0.1, 0.15) is 31.1 Å². The Labute approximate surface area is 120 Å². The molecular weight excluding hydrogens is 276 g/mol. The number of fused-ring (bicyclic) bond motifs is 1. The summed E-state index contributed by atoms with van der Waals surface area (Å²) in [4.78, 5) is 29.0. The van der Waals surface area contributed by atoms with Crippen molar-refractivity contribution in [2.45, 2.75) is 26.3 Å². The minimum absolute atomic E-state index is 0.282. The van der Waals surface area contributed by atoms with E-state index in [1.807, 2.05) is 20.8 Å². The summed E-state index contributed by atoms with van der Waals surface area (Å²) < 4.78 is 0.917. The van der Waals surface area contributed by atoms with Crippen LogP contribution in [0.25, 0.3) is 10.2 Å². The van der Waals surface area contributed by atoms with Gasteiger partial charge in [0.2, 0.25) is 0 Å². The van der Waals surface area contributed by atoms with E-state index >= 15 is 0 Å². The molecule has 2 rings (SSSR count). The molecule has 1 N–H and O–H groups in total. The first-order chi connectivity index (χ1) is 9.29. The first-order valence-electron chi connectivity index (χ1n) is 6.16. The smallest absolute Gasteiger partial charge is 0.323 e. The number of hydrogen-bond acceptors (Lipinski definition) is 4. The normalized spacial score (nSPS) is 11.6. The summed E-state index contributed by atoms with van der Waals surface area (Å²) in [6.45, 7) is 5.14. The molecule has 0 atom stereocenters. The predicted octanol–water partition coefficient (Wildman–Crippen LogP) is 2.62. The Bertz CT molecular complexity index is 658. The lowest BCUT2D eigenvalue weighted by Gasteiger charge is -2.34. The fourth-order valence-corrected chi connectivity index (χ4v) is 2.61. The van der Waals surface area contributed by atoms with Crippen LogP contribution in [-0.4, -0.2) is 39.0 Å². The number of aromatic nitrogens is 1. The summed E-state index contributed by atoms with van der Waals surface area (Å²) >= 11 is 1.45. The summed E-state index contributed by atoms with van der Waals surface area (Å²) in [5.74, 6) is -1.30. The molecule has 0 aliphatic rings. The number of carbonyl (C=O) groups excluding carboxylic acids is 1. The van der Waals surface area contributed by atoms with E-state index in [-0.39, 0.29) is 12.5 Å². The van der Waals surface area contributed by atoms with E-state index in [9.17, 15) is 9.59 Å². The molecule has 0 saturated heterocycles. The standard InChI is InChI=1S/C14H16N2O3S/c1-14(2,3)16(7-12(17)18)13(19)9-4-5-10-11(6-9)20-8-15-10/h4-6,8H,7H2,1-3H3,(H,17,18). The Morgan fingerprint density at radius 1 is 1.35 bits per heavy atom. The highest BCUT2D eigenvalue weighted by atomic mass is 32.1. The van der Waals surface area contributed by atoms with Gasteiger partial charge in [0.05, 0.1) is 15.7 Å². The van der Waals surface area contributed by atoms with Gasteiger partial charge in [-0.25, -0.2) is 4.98 Å². The Morgan fingerprint density at radius 2 is 2.05 bits per heavy atom. The first kappa shape index (κ1) is 14.5. The van der Waals surface area contributed by atoms with Gasteiger partial charge in [-0.05, 0) is 39.0 Å². The Kier molecular flexibility index (Phi) is 3.76. The molecule has 5 nitrogen and oxygen atoms in total. The highest BCUT2D eigenvalue weighted by Crippen LogP contribution is 2.22. The second-order valence-electron chi connectivity index (χ2n) is 5.49. The lowest BCUT2D eigenvalue weighted by atomic mass is 10.0. The second-order valence-corrected chi connectivity index (χ2v) is 6.38. The SMILES string of the molecule is CC(C)(C)N(CC(=O)O)C(=O)c1ccc2ncsc2c1. The first-order valence-corrected chi connectivity index (χ1v) is 7.04. The summed E-state index contributed by atoms with van der Waals surface area (Å²) in [6, 6.07) is 5.22. The molecule has 2 aromatic rings. The van der Waals surface area contributed by atoms with E-state index in [4.69, 9.17) is 5.11 Å². The summed E-state index contributed by atoms with van der Waals surface area (Å²) in [5, 5.41) is 8.98. The van der Waals surface area contributed by atoms with Gasteiger partial charge in [-0.15, -0.1) is 11.3 Å². The van der Waals surface area contributed by atoms with Gasteiger partial charge in [0.25, 0.3) is 5.91 Å². The van der Waals surface area contributed by atoms with Crippen LogP contribution in [0.4, 0.5) is 0 Å². The molecule has 0 unspecified atom stereocenters. The quantitative estimate of drug-likeness (QED) is 0.944. The maximum Gasteiger partial charge on any atom is 0.323 e. The van der Waals surface area contributed by atoms with Crippen molar-refractivity contribution in [1.82, 2.24) is 9.88 Å². The molecular formula is C14H16N2O3S. The monoisotopic (exact) mass is 292 g/mol. The van der Waals surface area contributed by atoms with Crippen molar-refractivity contribution < 1.29 is 14.7 Å². The van der Waals surface area contributed by atoms with Crippen LogP contribution in [-0.2, 0) is 4.79 Å². The summed E-state index contributed by atoms with van der Waals surface area (Å²) in [6.07, 6.45) is 0. The van der Waals surface area contributed by atoms with E-state index in [0.29, 0.717) is 5.56 Å². The minimum atomic E-state index is -1.02. The number of benzene rings is 1. The number of hydrogen-bond donors (Lipinski definition) is 1. The fraction of sp³-hybridized carbons (Fsp3) is 0.357. The third kappa shape index (κ3) is 2.96. The zero-order valence-electron chi connectivity index (χ0n) is 11.6. The number of carboxylic acid groups (broad SMARTS) is 1. The lowest BCUT2D eigenvalue weighted by molar-refractivity contribution is -0.138. The molecule has 1 heterocycles. The number of amides is 1. The molecule has 1 aromatic heterocycles. The van der Waals surface area contributed by atoms with E-state index < -0.39 is 11.5 Å². The molecule has 1 amide bonds. The van der Waals surface area contributed by atoms with Crippen molar-refractivity contribution in [2.75, 3.05) is 6.54 Å². The Balaban J connectivity index is 2.37. The van der Waals surface area contributed by atoms with Crippen molar-refractivity contribution in [3.63, 3.8) is 0 Å². The highest BCUT2D eigenvalue weighted by molar-refractivity contribution is 7.16. The number of carbonyl (C=O) groups is 2. The van der Waals surface area contributed by atoms with E-state index in [2.05, 4.69) is 4.98 Å². The average Bonchev–Trinajstić information content (AvgIpc) is 2.80. The average molecular weight is 292 g/mol. The third-order valence-corrected chi connectivity index (χ3v) is 3.72. The molecule has 0 bridgehead atoms. The van der Waals surface area contributed by atoms with Crippen LogP contribution in [0.5, 0.6) is 0 Å². The molecule has 0 aliphatic heterocycles. The molecule has 0 fully saturated rings. The number of rotatable bonds is 3. The van der Waals surface area contributed by atoms with Gasteiger partial charge in [0.15, 0.2) is 0 Å². The topological polar surface area (TPSA) is 70.5 Å².